The van der Waals surface area contributed by atoms with Crippen LogP contribution < -0.4 is 10.9 Å². The molecule has 0 unspecified atom stereocenters. The third kappa shape index (κ3) is 3.86. The summed E-state index contributed by atoms with van der Waals surface area (Å²) in [6, 6.07) is 6.77. The van der Waals surface area contributed by atoms with Crippen LogP contribution in [0.1, 0.15) is 27.7 Å². The minimum Gasteiger partial charge on any atom is -0.325 e. The van der Waals surface area contributed by atoms with Crippen LogP contribution in [0, 0.1) is 13.8 Å². The Morgan fingerprint density at radius 2 is 2.08 bits per heavy atom. The highest BCUT2D eigenvalue weighted by atomic mass is 32.2. The fourth-order valence-corrected chi connectivity index (χ4v) is 4.20. The molecular weight excluding hydrogens is 370 g/mol. The number of aromatic amines is 1. The average Bonchev–Trinajstić information content (AvgIpc) is 2.88. The van der Waals surface area contributed by atoms with E-state index in [-0.39, 0.29) is 23.0 Å². The van der Waals surface area contributed by atoms with E-state index in [0.717, 1.165) is 22.2 Å². The molecule has 0 saturated carbocycles. The zero-order valence-corrected chi connectivity index (χ0v) is 16.1. The van der Waals surface area contributed by atoms with Gasteiger partial charge in [0, 0.05) is 16.1 Å². The molecule has 0 bridgehead atoms. The Kier molecular flexibility index (Phi) is 5.24. The molecule has 1 amide bonds. The molecule has 0 fully saturated rings. The molecule has 134 valence electrons. The first-order chi connectivity index (χ1) is 12.3. The average molecular weight is 387 g/mol. The number of amides is 1. The van der Waals surface area contributed by atoms with E-state index in [9.17, 15) is 14.4 Å². The molecular formula is C18H17N3O3S2. The largest absolute Gasteiger partial charge is 0.325 e. The molecule has 0 radical (unpaired) electrons. The number of anilines is 1. The fraction of sp³-hybridized carbons (Fsp3) is 0.222. The van der Waals surface area contributed by atoms with Crippen molar-refractivity contribution in [3.63, 3.8) is 0 Å². The van der Waals surface area contributed by atoms with Gasteiger partial charge >= 0.3 is 0 Å². The van der Waals surface area contributed by atoms with Gasteiger partial charge in [-0.05, 0) is 38.5 Å². The van der Waals surface area contributed by atoms with Crippen LogP contribution in [-0.2, 0) is 4.79 Å². The fourth-order valence-electron chi connectivity index (χ4n) is 2.45. The third-order valence-corrected chi connectivity index (χ3v) is 5.88. The molecule has 26 heavy (non-hydrogen) atoms. The Morgan fingerprint density at radius 1 is 1.31 bits per heavy atom. The molecule has 0 aliphatic carbocycles. The number of aromatic nitrogens is 2. The van der Waals surface area contributed by atoms with Gasteiger partial charge in [0.25, 0.3) is 5.56 Å². The van der Waals surface area contributed by atoms with Crippen molar-refractivity contribution in [1.29, 1.82) is 0 Å². The Hall–Kier alpha value is -2.45. The van der Waals surface area contributed by atoms with E-state index >= 15 is 0 Å². The summed E-state index contributed by atoms with van der Waals surface area (Å²) in [5, 5.41) is 3.77. The molecule has 0 atom stereocenters. The summed E-state index contributed by atoms with van der Waals surface area (Å²) in [6.07, 6.45) is 0. The lowest BCUT2D eigenvalue weighted by Gasteiger charge is -2.06. The minimum atomic E-state index is -0.239. The van der Waals surface area contributed by atoms with Crippen LogP contribution >= 0.6 is 23.1 Å². The molecule has 3 rings (SSSR count). The molecule has 2 heterocycles. The van der Waals surface area contributed by atoms with Crippen LogP contribution in [0.15, 0.2) is 34.2 Å². The van der Waals surface area contributed by atoms with Crippen molar-refractivity contribution in [1.82, 2.24) is 9.97 Å². The van der Waals surface area contributed by atoms with Gasteiger partial charge in [-0.3, -0.25) is 14.4 Å². The summed E-state index contributed by atoms with van der Waals surface area (Å²) in [7, 11) is 0. The molecule has 0 spiro atoms. The number of hydrogen-bond donors (Lipinski definition) is 2. The number of thioether (sulfide) groups is 1. The molecule has 2 N–H and O–H groups in total. The molecule has 6 nitrogen and oxygen atoms in total. The topological polar surface area (TPSA) is 91.9 Å². The van der Waals surface area contributed by atoms with E-state index < -0.39 is 0 Å². The van der Waals surface area contributed by atoms with Gasteiger partial charge in [-0.25, -0.2) is 4.98 Å². The molecule has 0 saturated heterocycles. The number of nitrogens with zero attached hydrogens (tertiary/aromatic N) is 1. The first kappa shape index (κ1) is 18.3. The highest BCUT2D eigenvalue weighted by Gasteiger charge is 2.13. The summed E-state index contributed by atoms with van der Waals surface area (Å²) in [4.78, 5) is 44.7. The van der Waals surface area contributed by atoms with E-state index in [1.807, 2.05) is 13.8 Å². The Labute approximate surface area is 158 Å². The number of H-pyrrole nitrogens is 1. The zero-order chi connectivity index (χ0) is 18.8. The number of thiophene rings is 1. The maximum atomic E-state index is 12.2. The summed E-state index contributed by atoms with van der Waals surface area (Å²) in [5.74, 6) is -0.202. The van der Waals surface area contributed by atoms with Gasteiger partial charge in [0.15, 0.2) is 10.9 Å². The summed E-state index contributed by atoms with van der Waals surface area (Å²) >= 11 is 2.63. The van der Waals surface area contributed by atoms with E-state index in [1.165, 1.54) is 18.3 Å². The Balaban J connectivity index is 1.70. The van der Waals surface area contributed by atoms with Crippen LogP contribution in [0.25, 0.3) is 10.2 Å². The smallest absolute Gasteiger partial charge is 0.260 e. The van der Waals surface area contributed by atoms with Crippen LogP contribution in [0.2, 0.25) is 0 Å². The monoisotopic (exact) mass is 387 g/mol. The summed E-state index contributed by atoms with van der Waals surface area (Å²) in [6.45, 7) is 5.33. The van der Waals surface area contributed by atoms with Crippen molar-refractivity contribution < 1.29 is 9.59 Å². The SMILES string of the molecule is CC(=O)c1cccc(NC(=O)CSc2nc3sc(C)c(C)c3c(=O)[nH]2)c1. The summed E-state index contributed by atoms with van der Waals surface area (Å²) in [5.41, 5.74) is 1.85. The quantitative estimate of drug-likeness (QED) is 0.397. The number of Topliss-reactive ketones (excluding diaryl/α,β-unsaturated/α-hetero) is 1. The molecule has 2 aromatic heterocycles. The predicted molar refractivity (Wildman–Crippen MR) is 106 cm³/mol. The van der Waals surface area contributed by atoms with E-state index in [2.05, 4.69) is 15.3 Å². The first-order valence-electron chi connectivity index (χ1n) is 7.89. The number of fused-ring (bicyclic) bond motifs is 1. The number of rotatable bonds is 5. The van der Waals surface area contributed by atoms with Crippen molar-refractivity contribution >= 4 is 50.7 Å². The van der Waals surface area contributed by atoms with Crippen LogP contribution in [0.4, 0.5) is 5.69 Å². The molecule has 1 aromatic carbocycles. The molecule has 3 aromatic rings. The Morgan fingerprint density at radius 3 is 2.81 bits per heavy atom. The number of nitrogens with one attached hydrogen (secondary N) is 2. The van der Waals surface area contributed by atoms with Crippen LogP contribution in [0.5, 0.6) is 0 Å². The lowest BCUT2D eigenvalue weighted by Crippen LogP contribution is -2.15. The maximum Gasteiger partial charge on any atom is 0.260 e. The van der Waals surface area contributed by atoms with Gasteiger partial charge < -0.3 is 10.3 Å². The second-order valence-electron chi connectivity index (χ2n) is 5.81. The van der Waals surface area contributed by atoms with Crippen molar-refractivity contribution in [3.05, 3.63) is 50.6 Å². The van der Waals surface area contributed by atoms with Crippen molar-refractivity contribution in [2.45, 2.75) is 25.9 Å². The van der Waals surface area contributed by atoms with Crippen LogP contribution in [0.3, 0.4) is 0 Å². The van der Waals surface area contributed by atoms with Gasteiger partial charge in [-0.1, -0.05) is 23.9 Å². The molecule has 8 heteroatoms. The number of ketones is 1. The zero-order valence-electron chi connectivity index (χ0n) is 14.5. The van der Waals surface area contributed by atoms with Gasteiger partial charge in [0.05, 0.1) is 11.1 Å². The van der Waals surface area contributed by atoms with Gasteiger partial charge in [-0.15, -0.1) is 11.3 Å². The van der Waals surface area contributed by atoms with Crippen molar-refractivity contribution in [2.24, 2.45) is 0 Å². The number of carbonyl (C=O) groups is 2. The van der Waals surface area contributed by atoms with E-state index in [0.29, 0.717) is 26.6 Å². The lowest BCUT2D eigenvalue weighted by atomic mass is 10.1. The van der Waals surface area contributed by atoms with E-state index in [1.54, 1.807) is 24.3 Å². The molecule has 0 aliphatic heterocycles. The van der Waals surface area contributed by atoms with E-state index in [4.69, 9.17) is 0 Å². The second kappa shape index (κ2) is 7.43. The lowest BCUT2D eigenvalue weighted by molar-refractivity contribution is -0.113. The van der Waals surface area contributed by atoms with Crippen molar-refractivity contribution in [3.8, 4) is 0 Å². The Bertz CT molecular complexity index is 1070. The normalized spacial score (nSPS) is 10.9. The predicted octanol–water partition coefficient (Wildman–Crippen LogP) is 3.53. The minimum absolute atomic E-state index is 0.0629. The van der Waals surface area contributed by atoms with Crippen molar-refractivity contribution in [2.75, 3.05) is 11.1 Å². The highest BCUT2D eigenvalue weighted by molar-refractivity contribution is 7.99. The van der Waals surface area contributed by atoms with Gasteiger partial charge in [0.2, 0.25) is 5.91 Å². The number of hydrogen-bond acceptors (Lipinski definition) is 6. The number of aryl methyl sites for hydroxylation is 2. The number of benzene rings is 1. The summed E-state index contributed by atoms with van der Waals surface area (Å²) < 4.78 is 0. The standard InChI is InChI=1S/C18H17N3O3S2/c1-9-11(3)26-17-15(9)16(24)20-18(21-17)25-8-14(23)19-13-6-4-5-12(7-13)10(2)22/h4-7H,8H2,1-3H3,(H,19,23)(H,20,21,24). The maximum absolute atomic E-state index is 12.2. The third-order valence-electron chi connectivity index (χ3n) is 3.91. The molecule has 0 aliphatic rings. The van der Waals surface area contributed by atoms with Crippen LogP contribution in [-0.4, -0.2) is 27.4 Å². The first-order valence-corrected chi connectivity index (χ1v) is 9.69. The second-order valence-corrected chi connectivity index (χ2v) is 7.98. The number of carbonyl (C=O) groups excluding carboxylic acids is 2. The van der Waals surface area contributed by atoms with Gasteiger partial charge in [0.1, 0.15) is 4.83 Å². The van der Waals surface area contributed by atoms with Gasteiger partial charge in [-0.2, -0.15) is 0 Å². The highest BCUT2D eigenvalue weighted by Crippen LogP contribution is 2.27.